The molecule has 1 atom stereocenters. The van der Waals surface area contributed by atoms with E-state index in [1.54, 1.807) is 28.2 Å². The zero-order valence-electron chi connectivity index (χ0n) is 12.9. The molecular formula is C16H16N4O2S. The normalized spacial score (nSPS) is 17.2. The van der Waals surface area contributed by atoms with Crippen molar-refractivity contribution in [2.24, 2.45) is 7.05 Å². The number of ether oxygens (including phenoxy) is 1. The molecule has 0 aliphatic heterocycles. The first kappa shape index (κ1) is 14.3. The van der Waals surface area contributed by atoms with Crippen LogP contribution in [0, 0.1) is 6.92 Å². The van der Waals surface area contributed by atoms with Crippen molar-refractivity contribution in [3.8, 4) is 0 Å². The number of aromatic nitrogens is 4. The van der Waals surface area contributed by atoms with Gasteiger partial charge >= 0.3 is 5.97 Å². The fourth-order valence-electron chi connectivity index (χ4n) is 2.98. The Kier molecular flexibility index (Phi) is 3.37. The lowest BCUT2D eigenvalue weighted by atomic mass is 10.0. The van der Waals surface area contributed by atoms with Crippen LogP contribution in [0.1, 0.15) is 44.9 Å². The van der Waals surface area contributed by atoms with Crippen molar-refractivity contribution in [1.29, 1.82) is 0 Å². The third-order valence-electron chi connectivity index (χ3n) is 4.10. The van der Waals surface area contributed by atoms with Crippen molar-refractivity contribution >= 4 is 28.3 Å². The van der Waals surface area contributed by atoms with Gasteiger partial charge in [-0.2, -0.15) is 0 Å². The summed E-state index contributed by atoms with van der Waals surface area (Å²) in [7, 11) is 1.82. The minimum absolute atomic E-state index is 0.185. The first-order valence-electron chi connectivity index (χ1n) is 7.58. The highest BCUT2D eigenvalue weighted by atomic mass is 32.1. The number of esters is 1. The largest absolute Gasteiger partial charge is 0.453 e. The molecule has 0 fully saturated rings. The van der Waals surface area contributed by atoms with Crippen molar-refractivity contribution in [1.82, 2.24) is 20.0 Å². The molecule has 0 bridgehead atoms. The Bertz CT molecular complexity index is 899. The van der Waals surface area contributed by atoms with Gasteiger partial charge in [-0.1, -0.05) is 5.21 Å². The van der Waals surface area contributed by atoms with Gasteiger partial charge in [-0.15, -0.1) is 16.4 Å². The molecule has 0 spiro atoms. The maximum Gasteiger partial charge on any atom is 0.338 e. The minimum atomic E-state index is -0.318. The Morgan fingerprint density at radius 1 is 1.43 bits per heavy atom. The van der Waals surface area contributed by atoms with E-state index >= 15 is 0 Å². The molecule has 23 heavy (non-hydrogen) atoms. The maximum atomic E-state index is 12.5. The molecule has 1 aromatic carbocycles. The SMILES string of the molecule is Cc1nc2c(s1)C(OC(=O)c1ccc3c(c1)nnn3C)CCC2. The van der Waals surface area contributed by atoms with E-state index in [1.165, 1.54) is 0 Å². The Morgan fingerprint density at radius 3 is 3.17 bits per heavy atom. The van der Waals surface area contributed by atoms with Crippen LogP contribution in [0.4, 0.5) is 0 Å². The summed E-state index contributed by atoms with van der Waals surface area (Å²) in [6.07, 6.45) is 2.64. The van der Waals surface area contributed by atoms with E-state index in [2.05, 4.69) is 15.3 Å². The van der Waals surface area contributed by atoms with E-state index in [1.807, 2.05) is 20.0 Å². The summed E-state index contributed by atoms with van der Waals surface area (Å²) in [5.41, 5.74) is 3.17. The van der Waals surface area contributed by atoms with Gasteiger partial charge in [0.15, 0.2) is 0 Å². The van der Waals surface area contributed by atoms with Gasteiger partial charge in [-0.25, -0.2) is 14.5 Å². The Morgan fingerprint density at radius 2 is 2.30 bits per heavy atom. The van der Waals surface area contributed by atoms with Crippen LogP contribution in [-0.2, 0) is 18.2 Å². The number of rotatable bonds is 2. The molecule has 118 valence electrons. The first-order chi connectivity index (χ1) is 11.1. The van der Waals surface area contributed by atoms with E-state index in [9.17, 15) is 4.79 Å². The monoisotopic (exact) mass is 328 g/mol. The molecule has 1 aliphatic rings. The van der Waals surface area contributed by atoms with Crippen LogP contribution >= 0.6 is 11.3 Å². The van der Waals surface area contributed by atoms with Gasteiger partial charge in [-0.3, -0.25) is 0 Å². The summed E-state index contributed by atoms with van der Waals surface area (Å²) >= 11 is 1.63. The molecule has 1 aliphatic carbocycles. The fraction of sp³-hybridized carbons (Fsp3) is 0.375. The summed E-state index contributed by atoms with van der Waals surface area (Å²) in [5, 5.41) is 9.02. The Labute approximate surface area is 137 Å². The number of fused-ring (bicyclic) bond motifs is 2. The molecule has 0 saturated carbocycles. The van der Waals surface area contributed by atoms with Gasteiger partial charge in [-0.05, 0) is 44.4 Å². The number of thiazole rings is 1. The van der Waals surface area contributed by atoms with Gasteiger partial charge in [0.25, 0.3) is 0 Å². The van der Waals surface area contributed by atoms with Crippen LogP contribution in [0.25, 0.3) is 11.0 Å². The predicted octanol–water partition coefficient (Wildman–Crippen LogP) is 2.97. The quantitative estimate of drug-likeness (QED) is 0.676. The highest BCUT2D eigenvalue weighted by Crippen LogP contribution is 2.36. The Hall–Kier alpha value is -2.28. The molecule has 2 heterocycles. The molecule has 0 N–H and O–H groups in total. The summed E-state index contributed by atoms with van der Waals surface area (Å²) in [6, 6.07) is 5.33. The third-order valence-corrected chi connectivity index (χ3v) is 5.21. The highest BCUT2D eigenvalue weighted by molar-refractivity contribution is 7.11. The predicted molar refractivity (Wildman–Crippen MR) is 86.5 cm³/mol. The van der Waals surface area contributed by atoms with Crippen LogP contribution in [0.15, 0.2) is 18.2 Å². The number of aryl methyl sites for hydroxylation is 3. The second-order valence-electron chi connectivity index (χ2n) is 5.75. The van der Waals surface area contributed by atoms with Gasteiger partial charge < -0.3 is 4.74 Å². The standard InChI is InChI=1S/C16H16N4O2S/c1-9-17-11-4-3-5-14(15(11)23-9)22-16(21)10-6-7-13-12(8-10)18-19-20(13)2/h6-8,14H,3-5H2,1-2H3. The third kappa shape index (κ3) is 2.50. The zero-order valence-corrected chi connectivity index (χ0v) is 13.8. The number of carbonyl (C=O) groups excluding carboxylic acids is 1. The molecule has 4 rings (SSSR count). The smallest absolute Gasteiger partial charge is 0.338 e. The Balaban J connectivity index is 1.59. The van der Waals surface area contributed by atoms with E-state index in [4.69, 9.17) is 4.74 Å². The lowest BCUT2D eigenvalue weighted by Crippen LogP contribution is -2.15. The van der Waals surface area contributed by atoms with E-state index in [0.29, 0.717) is 11.1 Å². The summed E-state index contributed by atoms with van der Waals surface area (Å²) in [4.78, 5) is 18.1. The fourth-order valence-corrected chi connectivity index (χ4v) is 4.02. The minimum Gasteiger partial charge on any atom is -0.453 e. The lowest BCUT2D eigenvalue weighted by molar-refractivity contribution is 0.0265. The van der Waals surface area contributed by atoms with Crippen LogP contribution in [0.2, 0.25) is 0 Å². The summed E-state index contributed by atoms with van der Waals surface area (Å²) < 4.78 is 7.43. The van der Waals surface area contributed by atoms with Gasteiger partial charge in [0.2, 0.25) is 0 Å². The average molecular weight is 328 g/mol. The van der Waals surface area contributed by atoms with Crippen LogP contribution in [-0.4, -0.2) is 25.9 Å². The van der Waals surface area contributed by atoms with E-state index in [-0.39, 0.29) is 12.1 Å². The number of carbonyl (C=O) groups is 1. The first-order valence-corrected chi connectivity index (χ1v) is 8.40. The molecule has 0 amide bonds. The van der Waals surface area contributed by atoms with Crippen LogP contribution in [0.3, 0.4) is 0 Å². The molecule has 2 aromatic heterocycles. The topological polar surface area (TPSA) is 69.9 Å². The number of hydrogen-bond acceptors (Lipinski definition) is 6. The molecule has 0 radical (unpaired) electrons. The lowest BCUT2D eigenvalue weighted by Gasteiger charge is -2.21. The molecule has 6 nitrogen and oxygen atoms in total. The molecule has 7 heteroatoms. The van der Waals surface area contributed by atoms with Crippen molar-refractivity contribution in [3.63, 3.8) is 0 Å². The second-order valence-corrected chi connectivity index (χ2v) is 6.98. The maximum absolute atomic E-state index is 12.5. The number of nitrogens with zero attached hydrogens (tertiary/aromatic N) is 4. The van der Waals surface area contributed by atoms with E-state index < -0.39 is 0 Å². The van der Waals surface area contributed by atoms with Crippen LogP contribution < -0.4 is 0 Å². The van der Waals surface area contributed by atoms with Crippen LogP contribution in [0.5, 0.6) is 0 Å². The highest BCUT2D eigenvalue weighted by Gasteiger charge is 2.27. The van der Waals surface area contributed by atoms with Crippen molar-refractivity contribution < 1.29 is 9.53 Å². The number of benzene rings is 1. The van der Waals surface area contributed by atoms with Gasteiger partial charge in [0.1, 0.15) is 11.6 Å². The van der Waals surface area contributed by atoms with Crippen molar-refractivity contribution in [2.45, 2.75) is 32.3 Å². The summed E-state index contributed by atoms with van der Waals surface area (Å²) in [6.45, 7) is 1.99. The number of hydrogen-bond donors (Lipinski definition) is 0. The molecule has 1 unspecified atom stereocenters. The van der Waals surface area contributed by atoms with Gasteiger partial charge in [0, 0.05) is 7.05 Å². The molecule has 3 aromatic rings. The van der Waals surface area contributed by atoms with E-state index in [0.717, 1.165) is 40.4 Å². The summed E-state index contributed by atoms with van der Waals surface area (Å²) in [5.74, 6) is -0.318. The average Bonchev–Trinajstić information content (AvgIpc) is 3.10. The van der Waals surface area contributed by atoms with Crippen molar-refractivity contribution in [2.75, 3.05) is 0 Å². The molecular weight excluding hydrogens is 312 g/mol. The second kappa shape index (κ2) is 5.42. The molecule has 0 saturated heterocycles. The van der Waals surface area contributed by atoms with Crippen molar-refractivity contribution in [3.05, 3.63) is 39.3 Å². The van der Waals surface area contributed by atoms with Gasteiger partial charge in [0.05, 0.1) is 26.7 Å². The zero-order chi connectivity index (χ0) is 16.0.